The lowest BCUT2D eigenvalue weighted by molar-refractivity contribution is 0.919. The van der Waals surface area contributed by atoms with Crippen molar-refractivity contribution >= 4 is 33.2 Å². The zero-order valence-corrected chi connectivity index (χ0v) is 11.6. The third-order valence-corrected chi connectivity index (χ3v) is 3.29. The van der Waals surface area contributed by atoms with Crippen molar-refractivity contribution in [3.63, 3.8) is 0 Å². The van der Waals surface area contributed by atoms with Gasteiger partial charge in [-0.1, -0.05) is 39.7 Å². The van der Waals surface area contributed by atoms with Crippen molar-refractivity contribution in [1.82, 2.24) is 19.6 Å². The first kappa shape index (κ1) is 11.6. The van der Waals surface area contributed by atoms with Crippen LogP contribution < -0.4 is 0 Å². The van der Waals surface area contributed by atoms with Crippen LogP contribution in [0.5, 0.6) is 0 Å². The quantitative estimate of drug-likeness (QED) is 0.681. The van der Waals surface area contributed by atoms with Gasteiger partial charge in [-0.25, -0.2) is 4.98 Å². The molecule has 0 amide bonds. The minimum absolute atomic E-state index is 0.420. The van der Waals surface area contributed by atoms with Crippen LogP contribution in [0, 0.1) is 0 Å². The van der Waals surface area contributed by atoms with Gasteiger partial charge in [-0.2, -0.15) is 0 Å². The second-order valence-corrected chi connectivity index (χ2v) is 5.17. The fourth-order valence-electron chi connectivity index (χ4n) is 1.77. The van der Waals surface area contributed by atoms with Gasteiger partial charge in [-0.05, 0) is 17.7 Å². The molecule has 2 heterocycles. The van der Waals surface area contributed by atoms with E-state index < -0.39 is 0 Å². The van der Waals surface area contributed by atoms with Crippen LogP contribution in [0.25, 0.3) is 5.65 Å². The Morgan fingerprint density at radius 2 is 2.11 bits per heavy atom. The van der Waals surface area contributed by atoms with Crippen LogP contribution in [0.1, 0.15) is 11.4 Å². The molecule has 0 saturated heterocycles. The summed E-state index contributed by atoms with van der Waals surface area (Å²) in [5.74, 6) is 0.840. The Balaban J connectivity index is 2.00. The van der Waals surface area contributed by atoms with E-state index in [1.54, 1.807) is 12.4 Å². The van der Waals surface area contributed by atoms with Gasteiger partial charge in [0.25, 0.3) is 0 Å². The minimum Gasteiger partial charge on any atom is -0.269 e. The Morgan fingerprint density at radius 3 is 2.94 bits per heavy atom. The molecule has 3 aromatic rings. The van der Waals surface area contributed by atoms with Crippen molar-refractivity contribution in [2.45, 2.75) is 6.42 Å². The maximum absolute atomic E-state index is 5.81. The van der Waals surface area contributed by atoms with E-state index in [2.05, 4.69) is 43.2 Å². The summed E-state index contributed by atoms with van der Waals surface area (Å²) in [5.41, 5.74) is 1.87. The maximum Gasteiger partial charge on any atom is 0.165 e. The average molecular weight is 324 g/mol. The summed E-state index contributed by atoms with van der Waals surface area (Å²) in [7, 11) is 0. The van der Waals surface area contributed by atoms with Gasteiger partial charge in [-0.3, -0.25) is 4.40 Å². The van der Waals surface area contributed by atoms with E-state index in [4.69, 9.17) is 11.6 Å². The van der Waals surface area contributed by atoms with Gasteiger partial charge >= 0.3 is 0 Å². The first-order valence-electron chi connectivity index (χ1n) is 5.32. The molecule has 0 aliphatic rings. The lowest BCUT2D eigenvalue weighted by Gasteiger charge is -2.01. The highest BCUT2D eigenvalue weighted by Gasteiger charge is 2.07. The number of hydrogen-bond donors (Lipinski definition) is 0. The SMILES string of the molecule is Clc1cc2nnc(Cc3cccc(Br)c3)n2cn1. The minimum atomic E-state index is 0.420. The molecule has 0 bridgehead atoms. The number of hydrogen-bond acceptors (Lipinski definition) is 3. The number of fused-ring (bicyclic) bond motifs is 1. The second-order valence-electron chi connectivity index (χ2n) is 3.86. The Hall–Kier alpha value is -1.46. The average Bonchev–Trinajstić information content (AvgIpc) is 2.72. The van der Waals surface area contributed by atoms with Crippen LogP contribution in [0.4, 0.5) is 0 Å². The highest BCUT2D eigenvalue weighted by atomic mass is 79.9. The first-order chi connectivity index (χ1) is 8.72. The fourth-order valence-corrected chi connectivity index (χ4v) is 2.36. The van der Waals surface area contributed by atoms with Crippen molar-refractivity contribution in [3.8, 4) is 0 Å². The van der Waals surface area contributed by atoms with Crippen LogP contribution in [0.2, 0.25) is 5.15 Å². The van der Waals surface area contributed by atoms with E-state index in [1.165, 1.54) is 0 Å². The van der Waals surface area contributed by atoms with Gasteiger partial charge in [0.05, 0.1) is 0 Å². The fraction of sp³-hybridized carbons (Fsp3) is 0.0833. The van der Waals surface area contributed by atoms with E-state index in [0.29, 0.717) is 17.2 Å². The third-order valence-electron chi connectivity index (χ3n) is 2.59. The standard InChI is InChI=1S/C12H8BrClN4/c13-9-3-1-2-8(4-9)5-11-16-17-12-6-10(14)15-7-18(11)12/h1-4,6-7H,5H2. The molecule has 4 nitrogen and oxygen atoms in total. The van der Waals surface area contributed by atoms with E-state index in [9.17, 15) is 0 Å². The third kappa shape index (κ3) is 2.23. The van der Waals surface area contributed by atoms with Crippen LogP contribution in [-0.2, 0) is 6.42 Å². The molecule has 0 aliphatic carbocycles. The molecule has 3 rings (SSSR count). The number of aromatic nitrogens is 4. The number of nitrogens with zero attached hydrogens (tertiary/aromatic N) is 4. The van der Waals surface area contributed by atoms with Crippen LogP contribution in [-0.4, -0.2) is 19.6 Å². The topological polar surface area (TPSA) is 43.1 Å². The van der Waals surface area contributed by atoms with Crippen molar-refractivity contribution in [2.75, 3.05) is 0 Å². The van der Waals surface area contributed by atoms with Gasteiger partial charge < -0.3 is 0 Å². The normalized spacial score (nSPS) is 11.0. The Kier molecular flexibility index (Phi) is 3.01. The Morgan fingerprint density at radius 1 is 1.22 bits per heavy atom. The van der Waals surface area contributed by atoms with E-state index in [-0.39, 0.29) is 0 Å². The highest BCUT2D eigenvalue weighted by Crippen LogP contribution is 2.15. The molecule has 1 aromatic carbocycles. The summed E-state index contributed by atoms with van der Waals surface area (Å²) in [6, 6.07) is 9.79. The van der Waals surface area contributed by atoms with Gasteiger partial charge in [0.2, 0.25) is 0 Å². The predicted octanol–water partition coefficient (Wildman–Crippen LogP) is 3.13. The molecule has 0 N–H and O–H groups in total. The van der Waals surface area contributed by atoms with Crippen molar-refractivity contribution in [1.29, 1.82) is 0 Å². The Bertz CT molecular complexity index is 710. The molecule has 0 atom stereocenters. The molecular weight excluding hydrogens is 316 g/mol. The van der Waals surface area contributed by atoms with Gasteiger partial charge in [-0.15, -0.1) is 10.2 Å². The van der Waals surface area contributed by atoms with E-state index in [0.717, 1.165) is 15.9 Å². The molecular formula is C12H8BrClN4. The molecule has 0 aliphatic heterocycles. The van der Waals surface area contributed by atoms with E-state index in [1.807, 2.05) is 16.5 Å². The summed E-state index contributed by atoms with van der Waals surface area (Å²) >= 11 is 9.26. The van der Waals surface area contributed by atoms with Crippen LogP contribution in [0.15, 0.2) is 41.1 Å². The highest BCUT2D eigenvalue weighted by molar-refractivity contribution is 9.10. The molecule has 6 heteroatoms. The van der Waals surface area contributed by atoms with Crippen LogP contribution >= 0.6 is 27.5 Å². The molecule has 0 saturated carbocycles. The lowest BCUT2D eigenvalue weighted by atomic mass is 10.1. The number of halogens is 2. The monoisotopic (exact) mass is 322 g/mol. The summed E-state index contributed by atoms with van der Waals surface area (Å²) in [6.45, 7) is 0. The van der Waals surface area contributed by atoms with Crippen LogP contribution in [0.3, 0.4) is 0 Å². The molecule has 0 unspecified atom stereocenters. The molecule has 0 fully saturated rings. The van der Waals surface area contributed by atoms with Gasteiger partial charge in [0, 0.05) is 17.0 Å². The maximum atomic E-state index is 5.81. The zero-order chi connectivity index (χ0) is 12.5. The molecule has 2 aromatic heterocycles. The number of benzene rings is 1. The zero-order valence-electron chi connectivity index (χ0n) is 9.22. The van der Waals surface area contributed by atoms with Gasteiger partial charge in [0.15, 0.2) is 5.65 Å². The largest absolute Gasteiger partial charge is 0.269 e. The van der Waals surface area contributed by atoms with Crippen molar-refractivity contribution in [2.24, 2.45) is 0 Å². The molecule has 90 valence electrons. The summed E-state index contributed by atoms with van der Waals surface area (Å²) < 4.78 is 2.89. The van der Waals surface area contributed by atoms with Crippen molar-refractivity contribution in [3.05, 3.63) is 57.7 Å². The predicted molar refractivity (Wildman–Crippen MR) is 72.7 cm³/mol. The van der Waals surface area contributed by atoms with Gasteiger partial charge in [0.1, 0.15) is 17.3 Å². The second kappa shape index (κ2) is 4.66. The van der Waals surface area contributed by atoms with E-state index >= 15 is 0 Å². The smallest absolute Gasteiger partial charge is 0.165 e. The molecule has 18 heavy (non-hydrogen) atoms. The molecule has 0 spiro atoms. The number of rotatable bonds is 2. The summed E-state index contributed by atoms with van der Waals surface area (Å²) in [6.07, 6.45) is 2.34. The van der Waals surface area contributed by atoms with Crippen molar-refractivity contribution < 1.29 is 0 Å². The lowest BCUT2D eigenvalue weighted by Crippen LogP contribution is -1.97. The molecule has 0 radical (unpaired) electrons. The first-order valence-corrected chi connectivity index (χ1v) is 6.49. The summed E-state index contributed by atoms with van der Waals surface area (Å²) in [5, 5.41) is 8.66. The Labute approximate surface area is 117 Å². The summed E-state index contributed by atoms with van der Waals surface area (Å²) in [4.78, 5) is 4.04.